The van der Waals surface area contributed by atoms with E-state index in [2.05, 4.69) is 0 Å². The quantitative estimate of drug-likeness (QED) is 0.368. The molecular formula is C2H2B4. The van der Waals surface area contributed by atoms with E-state index in [0.717, 1.165) is 0 Å². The van der Waals surface area contributed by atoms with Gasteiger partial charge in [0.05, 0.1) is 0 Å². The molecule has 0 aromatic carbocycles. The van der Waals surface area contributed by atoms with Crippen LogP contribution in [0.3, 0.4) is 0 Å². The van der Waals surface area contributed by atoms with Crippen LogP contribution >= 0.6 is 0 Å². The molecule has 22 valence electrons. The van der Waals surface area contributed by atoms with Crippen molar-refractivity contribution in [3.05, 3.63) is 11.9 Å². The Hall–Kier alpha value is -0.000260. The molecule has 0 aliphatic carbocycles. The summed E-state index contributed by atoms with van der Waals surface area (Å²) in [5.41, 5.74) is 0. The molecular weight excluding hydrogens is 67.3 g/mol. The van der Waals surface area contributed by atoms with Gasteiger partial charge in [0.2, 0.25) is 0 Å². The number of rotatable bonds is 0. The van der Waals surface area contributed by atoms with Gasteiger partial charge in [0.15, 0.2) is 0 Å². The first-order chi connectivity index (χ1) is 3.00. The van der Waals surface area contributed by atoms with Gasteiger partial charge in [-0.2, -0.15) is 0 Å². The summed E-state index contributed by atoms with van der Waals surface area (Å²) in [6.07, 6.45) is 0. The predicted molar refractivity (Wildman–Crippen MR) is 31.8 cm³/mol. The fraction of sp³-hybridized carbons (Fsp3) is 0. The van der Waals surface area contributed by atoms with Crippen LogP contribution in [0.4, 0.5) is 0 Å². The third-order valence-electron chi connectivity index (χ3n) is 0.667. The molecule has 1 aromatic heterocycles. The van der Waals surface area contributed by atoms with Gasteiger partial charge in [0.25, 0.3) is 0 Å². The van der Waals surface area contributed by atoms with Gasteiger partial charge in [-0.25, -0.2) is 0 Å². The van der Waals surface area contributed by atoms with Crippen molar-refractivity contribution >= 4 is 27.0 Å². The predicted octanol–water partition coefficient (Wildman–Crippen LogP) is -0.961. The molecule has 0 nitrogen and oxygen atoms in total. The van der Waals surface area contributed by atoms with Crippen molar-refractivity contribution in [3.8, 4) is 0 Å². The van der Waals surface area contributed by atoms with E-state index in [9.17, 15) is 0 Å². The van der Waals surface area contributed by atoms with E-state index in [4.69, 9.17) is 0 Å². The Bertz CT molecular complexity index is 77.5. The molecule has 0 N–H and O–H groups in total. The Labute approximate surface area is 39.8 Å². The van der Waals surface area contributed by atoms with E-state index in [1.807, 2.05) is 38.9 Å². The van der Waals surface area contributed by atoms with Crippen LogP contribution in [-0.4, -0.2) is 27.0 Å². The summed E-state index contributed by atoms with van der Waals surface area (Å²) in [7, 11) is 0. The molecule has 1 aromatic rings. The molecule has 0 saturated heterocycles. The molecule has 0 aliphatic heterocycles. The normalized spacial score (nSPS) is 5.33. The molecule has 1 heterocycles. The zero-order valence-corrected chi connectivity index (χ0v) is 3.46. The van der Waals surface area contributed by atoms with Gasteiger partial charge in [0.1, 0.15) is 0 Å². The van der Waals surface area contributed by atoms with Crippen LogP contribution in [0.25, 0.3) is 0 Å². The Morgan fingerprint density at radius 2 is 1.33 bits per heavy atom. The zero-order chi connectivity index (χ0) is 4.24. The minimum atomic E-state index is 2.00. The van der Waals surface area contributed by atoms with Crippen molar-refractivity contribution < 1.29 is 0 Å². The van der Waals surface area contributed by atoms with Gasteiger partial charge < -0.3 is 0 Å². The summed E-state index contributed by atoms with van der Waals surface area (Å²) in [4.78, 5) is 0. The zero-order valence-electron chi connectivity index (χ0n) is 3.46. The summed E-state index contributed by atoms with van der Waals surface area (Å²) in [5.74, 6) is 4.00. The standard InChI is InChI=1S/C2H2B4/c1-2-4-6-5-3-1/h1-2H. The maximum absolute atomic E-state index is 2.00. The van der Waals surface area contributed by atoms with Crippen LogP contribution in [0.1, 0.15) is 0 Å². The second-order valence-corrected chi connectivity index (χ2v) is 1.15. The first-order valence-corrected chi connectivity index (χ1v) is 2.00. The molecule has 0 aliphatic rings. The molecule has 4 heteroatoms. The van der Waals surface area contributed by atoms with Crippen LogP contribution in [0, 0.1) is 0 Å². The van der Waals surface area contributed by atoms with Crippen molar-refractivity contribution in [2.45, 2.75) is 0 Å². The van der Waals surface area contributed by atoms with Gasteiger partial charge >= 0.3 is 38.9 Å². The molecule has 1 rings (SSSR count). The first-order valence-electron chi connectivity index (χ1n) is 2.00. The molecule has 0 amide bonds. The molecule has 0 atom stereocenters. The van der Waals surface area contributed by atoms with Gasteiger partial charge in [-0.15, -0.1) is 0 Å². The van der Waals surface area contributed by atoms with Crippen LogP contribution in [0.15, 0.2) is 11.9 Å². The van der Waals surface area contributed by atoms with E-state index >= 15 is 0 Å². The summed E-state index contributed by atoms with van der Waals surface area (Å²) in [5, 5.41) is 0. The Balaban J connectivity index is 3.00. The van der Waals surface area contributed by atoms with E-state index < -0.39 is 0 Å². The van der Waals surface area contributed by atoms with E-state index in [1.54, 1.807) is 0 Å². The Morgan fingerprint density at radius 1 is 0.833 bits per heavy atom. The maximum atomic E-state index is 2.00. The Morgan fingerprint density at radius 3 is 1.50 bits per heavy atom. The molecule has 0 spiro atoms. The molecule has 0 radical (unpaired) electrons. The van der Waals surface area contributed by atoms with Crippen LogP contribution < -0.4 is 0 Å². The summed E-state index contributed by atoms with van der Waals surface area (Å²) in [6.45, 7) is 8.00. The molecule has 0 unspecified atom stereocenters. The Kier molecular flexibility index (Phi) is 1.54. The molecule has 6 heavy (non-hydrogen) atoms. The van der Waals surface area contributed by atoms with E-state index in [-0.39, 0.29) is 0 Å². The van der Waals surface area contributed by atoms with Gasteiger partial charge in [0, 0.05) is 0 Å². The van der Waals surface area contributed by atoms with Crippen molar-refractivity contribution in [1.82, 2.24) is 0 Å². The van der Waals surface area contributed by atoms with Crippen molar-refractivity contribution in [1.29, 1.82) is 0 Å². The van der Waals surface area contributed by atoms with Crippen molar-refractivity contribution in [3.63, 3.8) is 0 Å². The molecule has 0 bridgehead atoms. The van der Waals surface area contributed by atoms with Gasteiger partial charge in [-0.1, -0.05) is 0 Å². The first kappa shape index (κ1) is 4.17. The van der Waals surface area contributed by atoms with Gasteiger partial charge in [-0.05, 0) is 0 Å². The molecule has 0 fully saturated rings. The van der Waals surface area contributed by atoms with Crippen LogP contribution in [0.5, 0.6) is 0 Å². The minimum absolute atomic E-state index is 2.00. The van der Waals surface area contributed by atoms with Crippen molar-refractivity contribution in [2.75, 3.05) is 0 Å². The summed E-state index contributed by atoms with van der Waals surface area (Å²) in [6, 6.07) is 0. The third-order valence-corrected chi connectivity index (χ3v) is 0.667. The summed E-state index contributed by atoms with van der Waals surface area (Å²) >= 11 is 0. The van der Waals surface area contributed by atoms with Crippen LogP contribution in [0.2, 0.25) is 0 Å². The van der Waals surface area contributed by atoms with E-state index in [1.165, 1.54) is 0 Å². The van der Waals surface area contributed by atoms with Crippen molar-refractivity contribution in [2.24, 2.45) is 0 Å². The fourth-order valence-corrected chi connectivity index (χ4v) is 0.385. The van der Waals surface area contributed by atoms with Gasteiger partial charge in [-0.3, -0.25) is 0 Å². The number of hydrogen-bond acceptors (Lipinski definition) is 0. The second kappa shape index (κ2) is 2.22. The number of hydrogen-bond donors (Lipinski definition) is 0. The van der Waals surface area contributed by atoms with E-state index in [0.29, 0.717) is 0 Å². The average Bonchev–Trinajstić information content (AvgIpc) is 1.72. The SMILES string of the molecule is b1bbccb1. The van der Waals surface area contributed by atoms with Crippen LogP contribution in [-0.2, 0) is 0 Å². The fourth-order valence-electron chi connectivity index (χ4n) is 0.385. The monoisotopic (exact) mass is 70.1 g/mol. The average molecular weight is 69.3 g/mol. The summed E-state index contributed by atoms with van der Waals surface area (Å²) < 4.78 is 0. The molecule has 0 saturated carbocycles. The topological polar surface area (TPSA) is 0 Å². The second-order valence-electron chi connectivity index (χ2n) is 1.15. The third kappa shape index (κ3) is 1.000.